The number of morpholine rings is 1. The van der Waals surface area contributed by atoms with Crippen LogP contribution < -0.4 is 9.46 Å². The number of halogens is 1. The molecule has 1 aliphatic rings. The lowest BCUT2D eigenvalue weighted by molar-refractivity contribution is 0.0303. The summed E-state index contributed by atoms with van der Waals surface area (Å²) >= 11 is 0. The summed E-state index contributed by atoms with van der Waals surface area (Å²) in [7, 11) is -2.88. The first kappa shape index (κ1) is 19.1. The number of hydrogen-bond donors (Lipinski definition) is 1. The SMILES string of the molecule is COc1ccc(F)cc1S(=O)(=O)Nc1ccccc1C(=O)N1CCOCC1. The highest BCUT2D eigenvalue weighted by molar-refractivity contribution is 7.92. The lowest BCUT2D eigenvalue weighted by Crippen LogP contribution is -2.41. The number of rotatable bonds is 5. The van der Waals surface area contributed by atoms with Gasteiger partial charge >= 0.3 is 0 Å². The molecule has 1 saturated heterocycles. The standard InChI is InChI=1S/C18H19FN2O5S/c1-25-16-7-6-13(19)12-17(16)27(23,24)20-15-5-3-2-4-14(15)18(22)21-8-10-26-11-9-21/h2-7,12,20H,8-11H2,1H3. The van der Waals surface area contributed by atoms with Gasteiger partial charge in [0.1, 0.15) is 16.5 Å². The Bertz CT molecular complexity index is 943. The molecule has 0 saturated carbocycles. The normalized spacial score (nSPS) is 14.7. The van der Waals surface area contributed by atoms with E-state index in [-0.39, 0.29) is 27.8 Å². The average Bonchev–Trinajstić information content (AvgIpc) is 2.68. The molecule has 0 radical (unpaired) electrons. The molecular weight excluding hydrogens is 375 g/mol. The Hall–Kier alpha value is -2.65. The van der Waals surface area contributed by atoms with Crippen molar-refractivity contribution in [3.63, 3.8) is 0 Å². The van der Waals surface area contributed by atoms with Gasteiger partial charge in [0.25, 0.3) is 15.9 Å². The molecule has 9 heteroatoms. The molecule has 2 aromatic carbocycles. The largest absolute Gasteiger partial charge is 0.495 e. The minimum atomic E-state index is -4.18. The van der Waals surface area contributed by atoms with Crippen LogP contribution in [0.4, 0.5) is 10.1 Å². The van der Waals surface area contributed by atoms with Crippen molar-refractivity contribution in [2.24, 2.45) is 0 Å². The maximum atomic E-state index is 13.6. The van der Waals surface area contributed by atoms with Gasteiger partial charge in [0, 0.05) is 13.1 Å². The molecule has 3 rings (SSSR count). The van der Waals surface area contributed by atoms with E-state index in [1.54, 1.807) is 23.1 Å². The Balaban J connectivity index is 1.94. The van der Waals surface area contributed by atoms with Gasteiger partial charge < -0.3 is 14.4 Å². The number of hydrogen-bond acceptors (Lipinski definition) is 5. The number of benzene rings is 2. The molecule has 1 N–H and O–H groups in total. The van der Waals surface area contributed by atoms with Gasteiger partial charge in [-0.25, -0.2) is 12.8 Å². The monoisotopic (exact) mass is 394 g/mol. The molecule has 0 unspecified atom stereocenters. The van der Waals surface area contributed by atoms with Gasteiger partial charge in [0.2, 0.25) is 0 Å². The van der Waals surface area contributed by atoms with Crippen molar-refractivity contribution >= 4 is 21.6 Å². The predicted octanol–water partition coefficient (Wildman–Crippen LogP) is 2.11. The highest BCUT2D eigenvalue weighted by Gasteiger charge is 2.25. The first-order valence-electron chi connectivity index (χ1n) is 8.25. The quantitative estimate of drug-likeness (QED) is 0.840. The van der Waals surface area contributed by atoms with Crippen molar-refractivity contribution in [1.29, 1.82) is 0 Å². The number of amides is 1. The van der Waals surface area contributed by atoms with E-state index in [1.165, 1.54) is 19.2 Å². The molecule has 0 spiro atoms. The van der Waals surface area contributed by atoms with E-state index in [9.17, 15) is 17.6 Å². The van der Waals surface area contributed by atoms with Gasteiger partial charge in [0.15, 0.2) is 0 Å². The van der Waals surface area contributed by atoms with Crippen molar-refractivity contribution in [1.82, 2.24) is 4.90 Å². The van der Waals surface area contributed by atoms with Crippen LogP contribution in [0.3, 0.4) is 0 Å². The molecule has 0 atom stereocenters. The molecular formula is C18H19FN2O5S. The minimum absolute atomic E-state index is 0.000821. The lowest BCUT2D eigenvalue weighted by atomic mass is 10.1. The van der Waals surface area contributed by atoms with Crippen LogP contribution in [0.1, 0.15) is 10.4 Å². The second-order valence-electron chi connectivity index (χ2n) is 5.85. The van der Waals surface area contributed by atoms with E-state index >= 15 is 0 Å². The highest BCUT2D eigenvalue weighted by Crippen LogP contribution is 2.28. The molecule has 7 nitrogen and oxygen atoms in total. The molecule has 1 amide bonds. The summed E-state index contributed by atoms with van der Waals surface area (Å²) in [6.45, 7) is 1.72. The van der Waals surface area contributed by atoms with Gasteiger partial charge in [-0.05, 0) is 30.3 Å². The Morgan fingerprint density at radius 3 is 2.59 bits per heavy atom. The van der Waals surface area contributed by atoms with Gasteiger partial charge in [-0.1, -0.05) is 12.1 Å². The van der Waals surface area contributed by atoms with Crippen LogP contribution in [0.2, 0.25) is 0 Å². The summed E-state index contributed by atoms with van der Waals surface area (Å²) in [6, 6.07) is 9.48. The maximum Gasteiger partial charge on any atom is 0.265 e. The number of carbonyl (C=O) groups excluding carboxylic acids is 1. The van der Waals surface area contributed by atoms with Crippen LogP contribution in [0, 0.1) is 5.82 Å². The molecule has 144 valence electrons. The van der Waals surface area contributed by atoms with Crippen LogP contribution in [-0.4, -0.2) is 52.6 Å². The molecule has 1 fully saturated rings. The molecule has 0 bridgehead atoms. The van der Waals surface area contributed by atoms with Crippen LogP contribution in [-0.2, 0) is 14.8 Å². The third-order valence-corrected chi connectivity index (χ3v) is 5.50. The van der Waals surface area contributed by atoms with Crippen molar-refractivity contribution in [3.8, 4) is 5.75 Å². The summed E-state index contributed by atoms with van der Waals surface area (Å²) in [6.07, 6.45) is 0. The second-order valence-corrected chi connectivity index (χ2v) is 7.50. The van der Waals surface area contributed by atoms with Crippen molar-refractivity contribution < 1.29 is 27.1 Å². The Kier molecular flexibility index (Phi) is 5.62. The molecule has 27 heavy (non-hydrogen) atoms. The average molecular weight is 394 g/mol. The van der Waals surface area contributed by atoms with Gasteiger partial charge in [-0.15, -0.1) is 0 Å². The summed E-state index contributed by atoms with van der Waals surface area (Å²) < 4.78 is 51.8. The molecule has 1 heterocycles. The zero-order chi connectivity index (χ0) is 19.4. The number of anilines is 1. The third kappa shape index (κ3) is 4.20. The van der Waals surface area contributed by atoms with Crippen LogP contribution >= 0.6 is 0 Å². The minimum Gasteiger partial charge on any atom is -0.495 e. The molecule has 2 aromatic rings. The van der Waals surface area contributed by atoms with Crippen LogP contribution in [0.25, 0.3) is 0 Å². The predicted molar refractivity (Wildman–Crippen MR) is 96.9 cm³/mol. The summed E-state index contributed by atoms with van der Waals surface area (Å²) in [5, 5.41) is 0. The number of carbonyl (C=O) groups is 1. The van der Waals surface area contributed by atoms with Gasteiger partial charge in [-0.3, -0.25) is 9.52 Å². The Morgan fingerprint density at radius 1 is 1.19 bits per heavy atom. The van der Waals surface area contributed by atoms with E-state index < -0.39 is 15.8 Å². The Morgan fingerprint density at radius 2 is 1.89 bits per heavy atom. The van der Waals surface area contributed by atoms with Gasteiger partial charge in [-0.2, -0.15) is 0 Å². The fraction of sp³-hybridized carbons (Fsp3) is 0.278. The van der Waals surface area contributed by atoms with E-state index in [0.29, 0.717) is 26.3 Å². The zero-order valence-corrected chi connectivity index (χ0v) is 15.5. The number of sulfonamides is 1. The summed E-state index contributed by atoms with van der Waals surface area (Å²) in [5.74, 6) is -1.02. The Labute approximate surface area is 156 Å². The van der Waals surface area contributed by atoms with Gasteiger partial charge in [0.05, 0.1) is 31.6 Å². The zero-order valence-electron chi connectivity index (χ0n) is 14.6. The topological polar surface area (TPSA) is 84.9 Å². The molecule has 1 aliphatic heterocycles. The molecule has 0 aromatic heterocycles. The fourth-order valence-corrected chi connectivity index (χ4v) is 4.02. The van der Waals surface area contributed by atoms with E-state index in [2.05, 4.69) is 4.72 Å². The number of nitrogens with one attached hydrogen (secondary N) is 1. The van der Waals surface area contributed by atoms with E-state index in [4.69, 9.17) is 9.47 Å². The second kappa shape index (κ2) is 7.93. The van der Waals surface area contributed by atoms with Crippen molar-refractivity contribution in [2.45, 2.75) is 4.90 Å². The smallest absolute Gasteiger partial charge is 0.265 e. The first-order chi connectivity index (χ1) is 12.9. The lowest BCUT2D eigenvalue weighted by Gasteiger charge is -2.27. The van der Waals surface area contributed by atoms with Crippen molar-refractivity contribution in [2.75, 3.05) is 38.1 Å². The van der Waals surface area contributed by atoms with Crippen molar-refractivity contribution in [3.05, 3.63) is 53.8 Å². The number of ether oxygens (including phenoxy) is 2. The number of nitrogens with zero attached hydrogens (tertiary/aromatic N) is 1. The fourth-order valence-electron chi connectivity index (χ4n) is 2.76. The number of para-hydroxylation sites is 1. The first-order valence-corrected chi connectivity index (χ1v) is 9.73. The highest BCUT2D eigenvalue weighted by atomic mass is 32.2. The van der Waals surface area contributed by atoms with E-state index in [0.717, 1.165) is 12.1 Å². The summed E-state index contributed by atoms with van der Waals surface area (Å²) in [4.78, 5) is 14.0. The summed E-state index contributed by atoms with van der Waals surface area (Å²) in [5.41, 5.74) is 0.318. The van der Waals surface area contributed by atoms with E-state index in [1.807, 2.05) is 0 Å². The van der Waals surface area contributed by atoms with Crippen LogP contribution in [0.15, 0.2) is 47.4 Å². The maximum absolute atomic E-state index is 13.6. The molecule has 0 aliphatic carbocycles. The van der Waals surface area contributed by atoms with Crippen LogP contribution in [0.5, 0.6) is 5.75 Å². The number of methoxy groups -OCH3 is 1. The third-order valence-electron chi connectivity index (χ3n) is 4.12.